The number of hydrogen-bond acceptors (Lipinski definition) is 2. The van der Waals surface area contributed by atoms with Gasteiger partial charge in [-0.1, -0.05) is 89.7 Å². The van der Waals surface area contributed by atoms with Crippen molar-refractivity contribution in [1.29, 1.82) is 0 Å². The fourth-order valence-corrected chi connectivity index (χ4v) is 3.75. The molecule has 0 heterocycles. The lowest BCUT2D eigenvalue weighted by Gasteiger charge is -2.41. The van der Waals surface area contributed by atoms with Crippen molar-refractivity contribution in [2.45, 2.75) is 105 Å². The third-order valence-electron chi connectivity index (χ3n) is 4.73. The second-order valence-electron chi connectivity index (χ2n) is 11.7. The van der Waals surface area contributed by atoms with E-state index in [1.165, 1.54) is 22.8 Å². The van der Waals surface area contributed by atoms with Crippen LogP contribution < -0.4 is 4.74 Å². The molecule has 0 radical (unpaired) electrons. The quantitative estimate of drug-likeness (QED) is 0.318. The lowest BCUT2D eigenvalue weighted by atomic mass is 9.64. The third-order valence-corrected chi connectivity index (χ3v) is 4.73. The largest absolute Gasteiger partial charge is 0.423 e. The molecule has 0 bridgehead atoms. The number of ether oxygens (including phenoxy) is 1. The third kappa shape index (κ3) is 5.24. The molecule has 0 spiro atoms. The van der Waals surface area contributed by atoms with E-state index in [-0.39, 0.29) is 21.7 Å². The van der Waals surface area contributed by atoms with Crippen molar-refractivity contribution < 1.29 is 9.53 Å². The molecule has 1 aromatic carbocycles. The molecule has 27 heavy (non-hydrogen) atoms. The molecular formula is C25H40O2. The van der Waals surface area contributed by atoms with Gasteiger partial charge in [-0.15, -0.1) is 0 Å². The van der Waals surface area contributed by atoms with Gasteiger partial charge < -0.3 is 4.74 Å². The Balaban J connectivity index is 4.27. The van der Waals surface area contributed by atoms with Crippen molar-refractivity contribution >= 4 is 5.97 Å². The predicted molar refractivity (Wildman–Crippen MR) is 117 cm³/mol. The van der Waals surface area contributed by atoms with E-state index in [0.717, 1.165) is 5.56 Å². The highest BCUT2D eigenvalue weighted by Gasteiger charge is 2.38. The van der Waals surface area contributed by atoms with Crippen LogP contribution in [0.4, 0.5) is 0 Å². The maximum atomic E-state index is 12.1. The lowest BCUT2D eigenvalue weighted by Crippen LogP contribution is -2.33. The summed E-state index contributed by atoms with van der Waals surface area (Å²) in [5.74, 6) is 0.249. The summed E-state index contributed by atoms with van der Waals surface area (Å²) in [5.41, 5.74) is 4.63. The van der Waals surface area contributed by atoms with Crippen LogP contribution in [0.25, 0.3) is 0 Å². The number of rotatable bonds is 2. The van der Waals surface area contributed by atoms with Gasteiger partial charge >= 0.3 is 5.97 Å². The standard InChI is InChI=1S/C25H40O2/c1-14-18(26)27-17-15-16(22(2,3)4)19(23(5,6)7)21(25(11,12)13)20(17)24(8,9)10/h14-15H,1H2,2-13H3. The van der Waals surface area contributed by atoms with Crippen LogP contribution in [0.2, 0.25) is 0 Å². The van der Waals surface area contributed by atoms with Gasteiger partial charge in [0.2, 0.25) is 0 Å². The Bertz CT molecular complexity index is 724. The first kappa shape index (κ1) is 23.5. The maximum absolute atomic E-state index is 12.1. The van der Waals surface area contributed by atoms with Gasteiger partial charge in [-0.3, -0.25) is 0 Å². The molecule has 2 heteroatoms. The minimum Gasteiger partial charge on any atom is -0.423 e. The Morgan fingerprint density at radius 2 is 1.15 bits per heavy atom. The number of hydrogen-bond donors (Lipinski definition) is 0. The first-order chi connectivity index (χ1) is 11.8. The first-order valence-electron chi connectivity index (χ1n) is 9.89. The number of carbonyl (C=O) groups is 1. The Morgan fingerprint density at radius 3 is 1.44 bits per heavy atom. The van der Waals surface area contributed by atoms with Gasteiger partial charge in [0, 0.05) is 11.6 Å². The van der Waals surface area contributed by atoms with Gasteiger partial charge in [0.1, 0.15) is 5.75 Å². The van der Waals surface area contributed by atoms with Crippen molar-refractivity contribution in [3.8, 4) is 5.75 Å². The fraction of sp³-hybridized carbons (Fsp3) is 0.640. The fourth-order valence-electron chi connectivity index (χ4n) is 3.75. The minimum atomic E-state index is -0.413. The predicted octanol–water partition coefficient (Wildman–Crippen LogP) is 6.97. The molecule has 2 nitrogen and oxygen atoms in total. The summed E-state index contributed by atoms with van der Waals surface area (Å²) in [4.78, 5) is 12.1. The Kier molecular flexibility index (Phi) is 6.18. The lowest BCUT2D eigenvalue weighted by molar-refractivity contribution is -0.129. The van der Waals surface area contributed by atoms with Crippen LogP contribution in [-0.4, -0.2) is 5.97 Å². The van der Waals surface area contributed by atoms with E-state index < -0.39 is 5.97 Å². The van der Waals surface area contributed by atoms with Crippen LogP contribution in [0.5, 0.6) is 5.75 Å². The van der Waals surface area contributed by atoms with Gasteiger partial charge in [-0.05, 0) is 44.4 Å². The average Bonchev–Trinajstić information content (AvgIpc) is 2.41. The summed E-state index contributed by atoms with van der Waals surface area (Å²) in [6.45, 7) is 30.4. The Morgan fingerprint density at radius 1 is 0.741 bits per heavy atom. The number of benzene rings is 1. The first-order valence-corrected chi connectivity index (χ1v) is 9.89. The van der Waals surface area contributed by atoms with Crippen molar-refractivity contribution in [2.75, 3.05) is 0 Å². The molecule has 1 aromatic rings. The minimum absolute atomic E-state index is 0.0355. The van der Waals surface area contributed by atoms with Gasteiger partial charge in [0.15, 0.2) is 0 Å². The van der Waals surface area contributed by atoms with E-state index in [0.29, 0.717) is 5.75 Å². The molecule has 0 saturated heterocycles. The SMILES string of the molecule is C=CC(=O)Oc1cc(C(C)(C)C)c(C(C)(C)C)c(C(C)(C)C)c1C(C)(C)C. The van der Waals surface area contributed by atoms with Crippen LogP contribution >= 0.6 is 0 Å². The zero-order chi connectivity index (χ0) is 21.6. The van der Waals surface area contributed by atoms with Crippen molar-refractivity contribution in [3.63, 3.8) is 0 Å². The normalized spacial score (nSPS) is 13.5. The summed E-state index contributed by atoms with van der Waals surface area (Å²) in [6.07, 6.45) is 1.23. The topological polar surface area (TPSA) is 26.3 Å². The molecule has 0 saturated carbocycles. The second kappa shape index (κ2) is 7.11. The zero-order valence-electron chi connectivity index (χ0n) is 19.7. The van der Waals surface area contributed by atoms with Crippen LogP contribution in [0.3, 0.4) is 0 Å². The number of carbonyl (C=O) groups excluding carboxylic acids is 1. The smallest absolute Gasteiger partial charge is 0.335 e. The Labute approximate surface area is 167 Å². The monoisotopic (exact) mass is 372 g/mol. The van der Waals surface area contributed by atoms with E-state index in [1.807, 2.05) is 0 Å². The molecule has 0 aromatic heterocycles. The van der Waals surface area contributed by atoms with Gasteiger partial charge in [-0.2, -0.15) is 0 Å². The molecule has 0 aliphatic carbocycles. The molecular weight excluding hydrogens is 332 g/mol. The summed E-state index contributed by atoms with van der Waals surface area (Å²) < 4.78 is 5.80. The summed E-state index contributed by atoms with van der Waals surface area (Å²) in [5, 5.41) is 0. The van der Waals surface area contributed by atoms with Crippen molar-refractivity contribution in [2.24, 2.45) is 0 Å². The molecule has 1 rings (SSSR count). The van der Waals surface area contributed by atoms with Crippen molar-refractivity contribution in [1.82, 2.24) is 0 Å². The molecule has 0 aliphatic rings. The summed E-state index contributed by atoms with van der Waals surface area (Å²) in [6, 6.07) is 2.10. The number of esters is 1. The molecule has 152 valence electrons. The van der Waals surface area contributed by atoms with Crippen molar-refractivity contribution in [3.05, 3.63) is 41.0 Å². The van der Waals surface area contributed by atoms with Crippen LogP contribution in [0.15, 0.2) is 18.7 Å². The maximum Gasteiger partial charge on any atom is 0.335 e. The summed E-state index contributed by atoms with van der Waals surface area (Å²) >= 11 is 0. The highest BCUT2D eigenvalue weighted by Crippen LogP contribution is 2.49. The molecule has 0 N–H and O–H groups in total. The van der Waals surface area contributed by atoms with E-state index in [4.69, 9.17) is 4.74 Å². The molecule has 0 unspecified atom stereocenters. The van der Waals surface area contributed by atoms with Gasteiger partial charge in [-0.25, -0.2) is 4.79 Å². The molecule has 0 aliphatic heterocycles. The van der Waals surface area contributed by atoms with Crippen LogP contribution in [0, 0.1) is 0 Å². The van der Waals surface area contributed by atoms with Gasteiger partial charge in [0.25, 0.3) is 0 Å². The second-order valence-corrected chi connectivity index (χ2v) is 11.7. The van der Waals surface area contributed by atoms with E-state index in [1.54, 1.807) is 0 Å². The zero-order valence-corrected chi connectivity index (χ0v) is 19.7. The molecule has 0 amide bonds. The van der Waals surface area contributed by atoms with Crippen LogP contribution in [0.1, 0.15) is 105 Å². The molecule has 0 atom stereocenters. The van der Waals surface area contributed by atoms with Gasteiger partial charge in [0.05, 0.1) is 0 Å². The Hall–Kier alpha value is -1.57. The highest BCUT2D eigenvalue weighted by atomic mass is 16.5. The molecule has 0 fully saturated rings. The summed E-state index contributed by atoms with van der Waals surface area (Å²) in [7, 11) is 0. The average molecular weight is 373 g/mol. The van der Waals surface area contributed by atoms with E-state index in [9.17, 15) is 4.79 Å². The van der Waals surface area contributed by atoms with Crippen LogP contribution in [-0.2, 0) is 26.5 Å². The van der Waals surface area contributed by atoms with E-state index >= 15 is 0 Å². The van der Waals surface area contributed by atoms with E-state index in [2.05, 4.69) is 95.7 Å². The highest BCUT2D eigenvalue weighted by molar-refractivity contribution is 5.84.